The van der Waals surface area contributed by atoms with Gasteiger partial charge in [0, 0.05) is 5.38 Å². The molecule has 0 fully saturated rings. The summed E-state index contributed by atoms with van der Waals surface area (Å²) in [6.07, 6.45) is -0.721. The van der Waals surface area contributed by atoms with E-state index in [9.17, 15) is 14.4 Å². The molecule has 1 heterocycles. The van der Waals surface area contributed by atoms with E-state index in [1.807, 2.05) is 30.3 Å². The number of hydrogen-bond donors (Lipinski definition) is 2. The van der Waals surface area contributed by atoms with Gasteiger partial charge in [-0.05, 0) is 19.4 Å². The fourth-order valence-corrected chi connectivity index (χ4v) is 3.11. The molecule has 150 valence electrons. The first-order chi connectivity index (χ1) is 13.5. The zero-order valence-corrected chi connectivity index (χ0v) is 16.6. The molecule has 1 aromatic heterocycles. The van der Waals surface area contributed by atoms with Crippen molar-refractivity contribution < 1.29 is 28.6 Å². The van der Waals surface area contributed by atoms with Gasteiger partial charge in [0.05, 0.1) is 13.7 Å². The molecule has 0 saturated heterocycles. The molecule has 0 saturated carbocycles. The molecule has 2 amide bonds. The van der Waals surface area contributed by atoms with Gasteiger partial charge in [-0.2, -0.15) is 0 Å². The summed E-state index contributed by atoms with van der Waals surface area (Å²) in [5.74, 6) is -0.799. The van der Waals surface area contributed by atoms with E-state index in [0.717, 1.165) is 16.9 Å². The Labute approximate surface area is 166 Å². The summed E-state index contributed by atoms with van der Waals surface area (Å²) in [7, 11) is 1.42. The molecule has 0 aliphatic rings. The van der Waals surface area contributed by atoms with Crippen LogP contribution < -0.4 is 15.4 Å². The van der Waals surface area contributed by atoms with E-state index in [2.05, 4.69) is 10.6 Å². The fourth-order valence-electron chi connectivity index (χ4n) is 2.21. The second-order valence-electron chi connectivity index (χ2n) is 5.65. The number of ether oxygens (including phenoxy) is 3. The van der Waals surface area contributed by atoms with E-state index < -0.39 is 24.0 Å². The quantitative estimate of drug-likeness (QED) is 0.653. The third-order valence-electron chi connectivity index (χ3n) is 3.63. The molecule has 0 aliphatic carbocycles. The fraction of sp³-hybridized carbons (Fsp3) is 0.316. The molecule has 0 spiro atoms. The van der Waals surface area contributed by atoms with Gasteiger partial charge >= 0.3 is 12.1 Å². The molecule has 28 heavy (non-hydrogen) atoms. The number of rotatable bonds is 8. The number of esters is 1. The number of benzene rings is 1. The SMILES string of the molecule is CCOC(=O)c1c(OC)csc1NC(=O)[C@H](C)NC(=O)OCc1ccccc1. The molecular formula is C19H22N2O6S. The van der Waals surface area contributed by atoms with Gasteiger partial charge in [0.1, 0.15) is 29.0 Å². The first-order valence-electron chi connectivity index (χ1n) is 8.56. The average molecular weight is 406 g/mol. The predicted octanol–water partition coefficient (Wildman–Crippen LogP) is 3.19. The van der Waals surface area contributed by atoms with Crippen LogP contribution in [0.15, 0.2) is 35.7 Å². The maximum atomic E-state index is 12.4. The van der Waals surface area contributed by atoms with Gasteiger partial charge in [0.15, 0.2) is 0 Å². The minimum atomic E-state index is -0.883. The maximum absolute atomic E-state index is 12.4. The second-order valence-corrected chi connectivity index (χ2v) is 6.53. The normalized spacial score (nSPS) is 11.2. The van der Waals surface area contributed by atoms with Gasteiger partial charge < -0.3 is 24.8 Å². The smallest absolute Gasteiger partial charge is 0.408 e. The Morgan fingerprint density at radius 2 is 1.86 bits per heavy atom. The van der Waals surface area contributed by atoms with Crippen LogP contribution in [-0.2, 0) is 20.9 Å². The predicted molar refractivity (Wildman–Crippen MR) is 105 cm³/mol. The molecule has 0 unspecified atom stereocenters. The molecule has 0 radical (unpaired) electrons. The first-order valence-corrected chi connectivity index (χ1v) is 9.44. The minimum Gasteiger partial charge on any atom is -0.495 e. The van der Waals surface area contributed by atoms with Crippen LogP contribution in [0.5, 0.6) is 5.75 Å². The van der Waals surface area contributed by atoms with E-state index in [0.29, 0.717) is 5.75 Å². The van der Waals surface area contributed by atoms with E-state index in [1.165, 1.54) is 14.0 Å². The topological polar surface area (TPSA) is 103 Å². The molecule has 1 aromatic carbocycles. The van der Waals surface area contributed by atoms with Crippen LogP contribution in [0.4, 0.5) is 9.80 Å². The molecule has 0 bridgehead atoms. The summed E-state index contributed by atoms with van der Waals surface area (Å²) in [6, 6.07) is 8.30. The third kappa shape index (κ3) is 5.71. The van der Waals surface area contributed by atoms with Crippen LogP contribution in [0.25, 0.3) is 0 Å². The number of hydrogen-bond acceptors (Lipinski definition) is 7. The van der Waals surface area contributed by atoms with Crippen LogP contribution in [0.2, 0.25) is 0 Å². The summed E-state index contributed by atoms with van der Waals surface area (Å²) in [5.41, 5.74) is 0.973. The van der Waals surface area contributed by atoms with Gasteiger partial charge in [-0.3, -0.25) is 4.79 Å². The lowest BCUT2D eigenvalue weighted by molar-refractivity contribution is -0.117. The number of carbonyl (C=O) groups is 3. The van der Waals surface area contributed by atoms with Gasteiger partial charge in [-0.15, -0.1) is 11.3 Å². The number of carbonyl (C=O) groups excluding carboxylic acids is 3. The van der Waals surface area contributed by atoms with Crippen molar-refractivity contribution in [2.45, 2.75) is 26.5 Å². The lowest BCUT2D eigenvalue weighted by Crippen LogP contribution is -2.41. The molecule has 2 rings (SSSR count). The van der Waals surface area contributed by atoms with Crippen molar-refractivity contribution in [1.29, 1.82) is 0 Å². The Morgan fingerprint density at radius 1 is 1.14 bits per heavy atom. The van der Waals surface area contributed by atoms with Crippen LogP contribution >= 0.6 is 11.3 Å². The Kier molecular flexibility index (Phi) is 7.82. The highest BCUT2D eigenvalue weighted by Gasteiger charge is 2.25. The minimum absolute atomic E-state index is 0.0934. The van der Waals surface area contributed by atoms with Gasteiger partial charge in [-0.1, -0.05) is 30.3 Å². The molecule has 1 atom stereocenters. The summed E-state index contributed by atoms with van der Waals surface area (Å²) in [6.45, 7) is 3.47. The number of anilines is 1. The van der Waals surface area contributed by atoms with E-state index in [-0.39, 0.29) is 23.8 Å². The monoisotopic (exact) mass is 406 g/mol. The Hall–Kier alpha value is -3.07. The number of amides is 2. The highest BCUT2D eigenvalue weighted by Crippen LogP contribution is 2.34. The number of alkyl carbamates (subject to hydrolysis) is 1. The van der Waals surface area contributed by atoms with Crippen molar-refractivity contribution in [2.75, 3.05) is 19.0 Å². The average Bonchev–Trinajstić information content (AvgIpc) is 3.10. The zero-order chi connectivity index (χ0) is 20.5. The van der Waals surface area contributed by atoms with Crippen LogP contribution in [0, 0.1) is 0 Å². The molecule has 9 heteroatoms. The summed E-state index contributed by atoms with van der Waals surface area (Å²) < 4.78 is 15.2. The van der Waals surface area contributed by atoms with Crippen molar-refractivity contribution in [3.05, 3.63) is 46.8 Å². The summed E-state index contributed by atoms with van der Waals surface area (Å²) >= 11 is 1.13. The highest BCUT2D eigenvalue weighted by atomic mass is 32.1. The lowest BCUT2D eigenvalue weighted by Gasteiger charge is -2.14. The highest BCUT2D eigenvalue weighted by molar-refractivity contribution is 7.15. The zero-order valence-electron chi connectivity index (χ0n) is 15.8. The van der Waals surface area contributed by atoms with Gasteiger partial charge in [0.25, 0.3) is 0 Å². The number of methoxy groups -OCH3 is 1. The van der Waals surface area contributed by atoms with Crippen molar-refractivity contribution >= 4 is 34.3 Å². The summed E-state index contributed by atoms with van der Waals surface area (Å²) in [4.78, 5) is 36.4. The molecule has 0 aliphatic heterocycles. The standard InChI is InChI=1S/C19H22N2O6S/c1-4-26-18(23)15-14(25-3)11-28-17(15)21-16(22)12(2)20-19(24)27-10-13-8-6-5-7-9-13/h5-9,11-12H,4,10H2,1-3H3,(H,20,24)(H,21,22)/t12-/m0/s1. The van der Waals surface area contributed by atoms with Crippen LogP contribution in [-0.4, -0.2) is 37.7 Å². The van der Waals surface area contributed by atoms with Crippen molar-refractivity contribution in [1.82, 2.24) is 5.32 Å². The Bertz CT molecular complexity index is 821. The second kappa shape index (κ2) is 10.3. The number of thiophene rings is 1. The van der Waals surface area contributed by atoms with Crippen LogP contribution in [0.3, 0.4) is 0 Å². The van der Waals surface area contributed by atoms with E-state index in [4.69, 9.17) is 14.2 Å². The van der Waals surface area contributed by atoms with Gasteiger partial charge in [0.2, 0.25) is 5.91 Å². The maximum Gasteiger partial charge on any atom is 0.408 e. The molecule has 2 aromatic rings. The lowest BCUT2D eigenvalue weighted by atomic mass is 10.2. The van der Waals surface area contributed by atoms with Crippen molar-refractivity contribution in [3.63, 3.8) is 0 Å². The number of nitrogens with one attached hydrogen (secondary N) is 2. The molecule has 2 N–H and O–H groups in total. The van der Waals surface area contributed by atoms with E-state index >= 15 is 0 Å². The first kappa shape index (κ1) is 21.2. The van der Waals surface area contributed by atoms with E-state index in [1.54, 1.807) is 12.3 Å². The largest absolute Gasteiger partial charge is 0.495 e. The van der Waals surface area contributed by atoms with Crippen molar-refractivity contribution in [2.24, 2.45) is 0 Å². The van der Waals surface area contributed by atoms with Crippen LogP contribution in [0.1, 0.15) is 29.8 Å². The Balaban J connectivity index is 1.94. The van der Waals surface area contributed by atoms with Crippen molar-refractivity contribution in [3.8, 4) is 5.75 Å². The molecular weight excluding hydrogens is 384 g/mol. The summed E-state index contributed by atoms with van der Waals surface area (Å²) in [5, 5.41) is 6.94. The Morgan fingerprint density at radius 3 is 2.50 bits per heavy atom. The third-order valence-corrected chi connectivity index (χ3v) is 4.51. The van der Waals surface area contributed by atoms with Gasteiger partial charge in [-0.25, -0.2) is 9.59 Å². The molecule has 8 nitrogen and oxygen atoms in total.